The SMILES string of the molecule is CCCCCCOC(CO)C(O)COCCC(C)C. The minimum atomic E-state index is -0.747. The van der Waals surface area contributed by atoms with Crippen LogP contribution >= 0.6 is 0 Å². The summed E-state index contributed by atoms with van der Waals surface area (Å²) >= 11 is 0. The molecule has 0 aromatic rings. The van der Waals surface area contributed by atoms with Gasteiger partial charge in [-0.15, -0.1) is 0 Å². The summed E-state index contributed by atoms with van der Waals surface area (Å²) in [6.45, 7) is 7.73. The van der Waals surface area contributed by atoms with E-state index in [1.54, 1.807) is 0 Å². The Morgan fingerprint density at radius 3 is 2.37 bits per heavy atom. The van der Waals surface area contributed by atoms with E-state index in [0.29, 0.717) is 19.1 Å². The zero-order chi connectivity index (χ0) is 14.5. The lowest BCUT2D eigenvalue weighted by Crippen LogP contribution is -2.36. The monoisotopic (exact) mass is 276 g/mol. The van der Waals surface area contributed by atoms with Gasteiger partial charge >= 0.3 is 0 Å². The topological polar surface area (TPSA) is 58.9 Å². The fourth-order valence-corrected chi connectivity index (χ4v) is 1.68. The molecule has 116 valence electrons. The second-order valence-electron chi connectivity index (χ2n) is 5.48. The van der Waals surface area contributed by atoms with Crippen molar-refractivity contribution in [3.05, 3.63) is 0 Å². The molecule has 4 nitrogen and oxygen atoms in total. The van der Waals surface area contributed by atoms with Crippen LogP contribution in [-0.4, -0.2) is 48.8 Å². The molecule has 0 saturated carbocycles. The van der Waals surface area contributed by atoms with Crippen molar-refractivity contribution in [3.8, 4) is 0 Å². The Morgan fingerprint density at radius 2 is 1.79 bits per heavy atom. The van der Waals surface area contributed by atoms with Gasteiger partial charge in [-0.1, -0.05) is 40.0 Å². The van der Waals surface area contributed by atoms with Gasteiger partial charge in [0.1, 0.15) is 12.2 Å². The normalized spacial score (nSPS) is 14.8. The Bertz CT molecular complexity index is 185. The van der Waals surface area contributed by atoms with Crippen LogP contribution in [0.15, 0.2) is 0 Å². The Balaban J connectivity index is 3.63. The number of rotatable bonds is 13. The molecule has 0 saturated heterocycles. The van der Waals surface area contributed by atoms with Crippen molar-refractivity contribution in [3.63, 3.8) is 0 Å². The second-order valence-corrected chi connectivity index (χ2v) is 5.48. The summed E-state index contributed by atoms with van der Waals surface area (Å²) in [4.78, 5) is 0. The van der Waals surface area contributed by atoms with Crippen molar-refractivity contribution in [2.45, 2.75) is 65.1 Å². The molecule has 0 bridgehead atoms. The van der Waals surface area contributed by atoms with Gasteiger partial charge in [-0.25, -0.2) is 0 Å². The van der Waals surface area contributed by atoms with Crippen LogP contribution in [-0.2, 0) is 9.47 Å². The molecule has 0 aliphatic rings. The van der Waals surface area contributed by atoms with Crippen molar-refractivity contribution in [1.82, 2.24) is 0 Å². The Labute approximate surface area is 118 Å². The number of aliphatic hydroxyl groups excluding tert-OH is 2. The van der Waals surface area contributed by atoms with Crippen LogP contribution in [0.5, 0.6) is 0 Å². The van der Waals surface area contributed by atoms with Crippen molar-refractivity contribution >= 4 is 0 Å². The maximum Gasteiger partial charge on any atom is 0.109 e. The van der Waals surface area contributed by atoms with Gasteiger partial charge in [0.25, 0.3) is 0 Å². The first-order valence-corrected chi connectivity index (χ1v) is 7.60. The highest BCUT2D eigenvalue weighted by Crippen LogP contribution is 2.05. The molecule has 0 aromatic heterocycles. The summed E-state index contributed by atoms with van der Waals surface area (Å²) in [6, 6.07) is 0. The summed E-state index contributed by atoms with van der Waals surface area (Å²) in [5, 5.41) is 19.1. The van der Waals surface area contributed by atoms with E-state index in [4.69, 9.17) is 9.47 Å². The Morgan fingerprint density at radius 1 is 1.05 bits per heavy atom. The van der Waals surface area contributed by atoms with Gasteiger partial charge in [-0.2, -0.15) is 0 Å². The molecule has 19 heavy (non-hydrogen) atoms. The van der Waals surface area contributed by atoms with E-state index >= 15 is 0 Å². The van der Waals surface area contributed by atoms with Crippen LogP contribution < -0.4 is 0 Å². The summed E-state index contributed by atoms with van der Waals surface area (Å²) < 4.78 is 10.9. The van der Waals surface area contributed by atoms with E-state index in [-0.39, 0.29) is 13.2 Å². The van der Waals surface area contributed by atoms with E-state index in [0.717, 1.165) is 19.3 Å². The minimum Gasteiger partial charge on any atom is -0.394 e. The standard InChI is InChI=1S/C15H32O4/c1-4-5-6-7-9-19-15(11-16)14(17)12-18-10-8-13(2)3/h13-17H,4-12H2,1-3H3. The third-order valence-electron chi connectivity index (χ3n) is 3.07. The number of unbranched alkanes of at least 4 members (excludes halogenated alkanes) is 3. The van der Waals surface area contributed by atoms with E-state index < -0.39 is 12.2 Å². The summed E-state index contributed by atoms with van der Waals surface area (Å²) in [5.74, 6) is 0.598. The molecule has 0 radical (unpaired) electrons. The van der Waals surface area contributed by atoms with Crippen LogP contribution in [0.1, 0.15) is 52.9 Å². The minimum absolute atomic E-state index is 0.164. The number of hydrogen-bond acceptors (Lipinski definition) is 4. The zero-order valence-corrected chi connectivity index (χ0v) is 12.8. The molecule has 0 aliphatic heterocycles. The third-order valence-corrected chi connectivity index (χ3v) is 3.07. The predicted molar refractivity (Wildman–Crippen MR) is 77.2 cm³/mol. The van der Waals surface area contributed by atoms with Crippen LogP contribution in [0.4, 0.5) is 0 Å². The van der Waals surface area contributed by atoms with Crippen LogP contribution in [0.25, 0.3) is 0 Å². The number of ether oxygens (including phenoxy) is 2. The average Bonchev–Trinajstić information content (AvgIpc) is 2.38. The van der Waals surface area contributed by atoms with Crippen molar-refractivity contribution in [2.75, 3.05) is 26.4 Å². The van der Waals surface area contributed by atoms with Crippen LogP contribution in [0.2, 0.25) is 0 Å². The molecule has 2 unspecified atom stereocenters. The molecule has 2 atom stereocenters. The lowest BCUT2D eigenvalue weighted by Gasteiger charge is -2.21. The maximum atomic E-state index is 9.87. The predicted octanol–water partition coefficient (Wildman–Crippen LogP) is 2.37. The summed E-state index contributed by atoms with van der Waals surface area (Å²) in [5.41, 5.74) is 0. The molecule has 4 heteroatoms. The molecule has 2 N–H and O–H groups in total. The fraction of sp³-hybridized carbons (Fsp3) is 1.00. The van der Waals surface area contributed by atoms with E-state index in [1.165, 1.54) is 12.8 Å². The molecular formula is C15H32O4. The van der Waals surface area contributed by atoms with E-state index in [2.05, 4.69) is 20.8 Å². The average molecular weight is 276 g/mol. The fourth-order valence-electron chi connectivity index (χ4n) is 1.68. The van der Waals surface area contributed by atoms with Crippen LogP contribution in [0.3, 0.4) is 0 Å². The lowest BCUT2D eigenvalue weighted by molar-refractivity contribution is -0.0917. The second kappa shape index (κ2) is 12.9. The lowest BCUT2D eigenvalue weighted by atomic mass is 10.1. The van der Waals surface area contributed by atoms with Crippen molar-refractivity contribution in [1.29, 1.82) is 0 Å². The van der Waals surface area contributed by atoms with E-state index in [9.17, 15) is 10.2 Å². The van der Waals surface area contributed by atoms with Gasteiger partial charge in [0, 0.05) is 13.2 Å². The van der Waals surface area contributed by atoms with Gasteiger partial charge < -0.3 is 19.7 Å². The van der Waals surface area contributed by atoms with Crippen molar-refractivity contribution in [2.24, 2.45) is 5.92 Å². The molecule has 0 spiro atoms. The van der Waals surface area contributed by atoms with Gasteiger partial charge in [0.05, 0.1) is 13.2 Å². The first-order valence-electron chi connectivity index (χ1n) is 7.60. The highest BCUT2D eigenvalue weighted by molar-refractivity contribution is 4.67. The maximum absolute atomic E-state index is 9.87. The molecule has 0 heterocycles. The Hall–Kier alpha value is -0.160. The Kier molecular flexibility index (Phi) is 12.7. The summed E-state index contributed by atoms with van der Waals surface area (Å²) in [7, 11) is 0. The highest BCUT2D eigenvalue weighted by atomic mass is 16.5. The number of hydrogen-bond donors (Lipinski definition) is 2. The summed E-state index contributed by atoms with van der Waals surface area (Å²) in [6.07, 6.45) is 4.21. The highest BCUT2D eigenvalue weighted by Gasteiger charge is 2.19. The van der Waals surface area contributed by atoms with Crippen LogP contribution in [0, 0.1) is 5.92 Å². The van der Waals surface area contributed by atoms with Gasteiger partial charge in [-0.3, -0.25) is 0 Å². The van der Waals surface area contributed by atoms with Crippen molar-refractivity contribution < 1.29 is 19.7 Å². The first kappa shape index (κ1) is 18.8. The quantitative estimate of drug-likeness (QED) is 0.507. The zero-order valence-electron chi connectivity index (χ0n) is 12.8. The molecule has 0 rings (SSSR count). The molecule has 0 amide bonds. The smallest absolute Gasteiger partial charge is 0.109 e. The third kappa shape index (κ3) is 11.4. The van der Waals surface area contributed by atoms with Gasteiger partial charge in [-0.05, 0) is 18.8 Å². The van der Waals surface area contributed by atoms with E-state index in [1.807, 2.05) is 0 Å². The van der Waals surface area contributed by atoms with Gasteiger partial charge in [0.2, 0.25) is 0 Å². The molecule has 0 aliphatic carbocycles. The molecule has 0 fully saturated rings. The number of aliphatic hydroxyl groups is 2. The molecular weight excluding hydrogens is 244 g/mol. The first-order chi connectivity index (χ1) is 9.11. The molecule has 0 aromatic carbocycles. The largest absolute Gasteiger partial charge is 0.394 e. The van der Waals surface area contributed by atoms with Gasteiger partial charge in [0.15, 0.2) is 0 Å².